The van der Waals surface area contributed by atoms with Crippen LogP contribution in [-0.4, -0.2) is 4.98 Å². The summed E-state index contributed by atoms with van der Waals surface area (Å²) in [4.78, 5) is 3.32. The summed E-state index contributed by atoms with van der Waals surface area (Å²) in [6, 6.07) is 6.54. The molecule has 1 nitrogen and oxygen atoms in total. The fourth-order valence-electron chi connectivity index (χ4n) is 2.04. The van der Waals surface area contributed by atoms with Crippen LogP contribution in [0.5, 0.6) is 0 Å². The first kappa shape index (κ1) is 10.0. The number of hydrogen-bond acceptors (Lipinski definition) is 0. The van der Waals surface area contributed by atoms with Crippen LogP contribution in [0.2, 0.25) is 0 Å². The lowest BCUT2D eigenvalue weighted by Crippen LogP contribution is -1.89. The summed E-state index contributed by atoms with van der Waals surface area (Å²) < 4.78 is 0. The van der Waals surface area contributed by atoms with Crippen molar-refractivity contribution in [3.8, 4) is 0 Å². The Morgan fingerprint density at radius 2 is 2.27 bits per heavy atom. The average Bonchev–Trinajstić information content (AvgIpc) is 2.60. The highest BCUT2D eigenvalue weighted by Gasteiger charge is 2.09. The molecular formula is C14H17N. The Morgan fingerprint density at radius 1 is 1.47 bits per heavy atom. The van der Waals surface area contributed by atoms with Crippen LogP contribution in [0.3, 0.4) is 0 Å². The zero-order valence-electron chi connectivity index (χ0n) is 9.38. The molecule has 15 heavy (non-hydrogen) atoms. The first-order valence-electron chi connectivity index (χ1n) is 5.41. The van der Waals surface area contributed by atoms with E-state index in [1.165, 1.54) is 22.0 Å². The number of aromatic amines is 1. The second-order valence-corrected chi connectivity index (χ2v) is 4.22. The van der Waals surface area contributed by atoms with Crippen LogP contribution in [-0.2, 0) is 0 Å². The fraction of sp³-hybridized carbons (Fsp3) is 0.286. The van der Waals surface area contributed by atoms with Crippen molar-refractivity contribution in [1.82, 2.24) is 4.98 Å². The van der Waals surface area contributed by atoms with Gasteiger partial charge in [-0.1, -0.05) is 24.6 Å². The lowest BCUT2D eigenvalue weighted by molar-refractivity contribution is 0.789. The van der Waals surface area contributed by atoms with Crippen LogP contribution in [0.15, 0.2) is 37.1 Å². The van der Waals surface area contributed by atoms with Crippen molar-refractivity contribution in [2.24, 2.45) is 0 Å². The lowest BCUT2D eigenvalue weighted by Gasteiger charge is -2.07. The molecule has 1 aromatic carbocycles. The largest absolute Gasteiger partial charge is 0.361 e. The summed E-state index contributed by atoms with van der Waals surface area (Å²) in [7, 11) is 0. The van der Waals surface area contributed by atoms with Crippen molar-refractivity contribution < 1.29 is 0 Å². The van der Waals surface area contributed by atoms with E-state index in [0.29, 0.717) is 5.92 Å². The standard InChI is InChI=1S/C14H17N/c1-4-5-11(3)13-9-15-14-7-6-10(2)8-12(13)14/h4,6-9,11,15H,1,5H2,2-3H3. The molecule has 2 aromatic rings. The molecule has 1 heteroatoms. The van der Waals surface area contributed by atoms with Gasteiger partial charge in [0.05, 0.1) is 0 Å². The van der Waals surface area contributed by atoms with Gasteiger partial charge in [0.1, 0.15) is 0 Å². The average molecular weight is 199 g/mol. The van der Waals surface area contributed by atoms with Crippen molar-refractivity contribution in [2.45, 2.75) is 26.2 Å². The Balaban J connectivity index is 2.51. The van der Waals surface area contributed by atoms with E-state index >= 15 is 0 Å². The summed E-state index contributed by atoms with van der Waals surface area (Å²) in [6.07, 6.45) is 5.14. The van der Waals surface area contributed by atoms with Gasteiger partial charge in [-0.15, -0.1) is 6.58 Å². The van der Waals surface area contributed by atoms with Gasteiger partial charge in [0, 0.05) is 17.1 Å². The molecule has 2 rings (SSSR count). The fourth-order valence-corrected chi connectivity index (χ4v) is 2.04. The summed E-state index contributed by atoms with van der Waals surface area (Å²) >= 11 is 0. The first-order chi connectivity index (χ1) is 7.22. The van der Waals surface area contributed by atoms with Gasteiger partial charge in [0.2, 0.25) is 0 Å². The Bertz CT molecular complexity index is 479. The maximum Gasteiger partial charge on any atom is 0.0457 e. The van der Waals surface area contributed by atoms with Crippen molar-refractivity contribution in [3.63, 3.8) is 0 Å². The highest BCUT2D eigenvalue weighted by Crippen LogP contribution is 2.28. The van der Waals surface area contributed by atoms with Gasteiger partial charge in [0.25, 0.3) is 0 Å². The normalized spacial score (nSPS) is 12.9. The predicted octanol–water partition coefficient (Wildman–Crippen LogP) is 4.16. The highest BCUT2D eigenvalue weighted by molar-refractivity contribution is 5.84. The maximum absolute atomic E-state index is 3.80. The van der Waals surface area contributed by atoms with E-state index in [9.17, 15) is 0 Å². The van der Waals surface area contributed by atoms with Crippen molar-refractivity contribution >= 4 is 10.9 Å². The second-order valence-electron chi connectivity index (χ2n) is 4.22. The van der Waals surface area contributed by atoms with Crippen LogP contribution >= 0.6 is 0 Å². The van der Waals surface area contributed by atoms with E-state index in [2.05, 4.69) is 49.8 Å². The van der Waals surface area contributed by atoms with Crippen LogP contribution < -0.4 is 0 Å². The van der Waals surface area contributed by atoms with Crippen LogP contribution in [0.4, 0.5) is 0 Å². The number of H-pyrrole nitrogens is 1. The first-order valence-corrected chi connectivity index (χ1v) is 5.41. The van der Waals surface area contributed by atoms with Crippen molar-refractivity contribution in [3.05, 3.63) is 48.2 Å². The summed E-state index contributed by atoms with van der Waals surface area (Å²) in [5.74, 6) is 0.540. The Morgan fingerprint density at radius 3 is 3.00 bits per heavy atom. The number of allylic oxidation sites excluding steroid dienone is 1. The minimum atomic E-state index is 0.540. The minimum Gasteiger partial charge on any atom is -0.361 e. The third kappa shape index (κ3) is 1.82. The summed E-state index contributed by atoms with van der Waals surface area (Å²) in [5, 5.41) is 1.35. The number of fused-ring (bicyclic) bond motifs is 1. The lowest BCUT2D eigenvalue weighted by atomic mass is 9.97. The topological polar surface area (TPSA) is 15.8 Å². The second kappa shape index (κ2) is 3.93. The van der Waals surface area contributed by atoms with Crippen molar-refractivity contribution in [2.75, 3.05) is 0 Å². The van der Waals surface area contributed by atoms with E-state index < -0.39 is 0 Å². The third-order valence-electron chi connectivity index (χ3n) is 2.92. The molecule has 0 aliphatic rings. The molecule has 1 atom stereocenters. The van der Waals surface area contributed by atoms with Crippen LogP contribution in [0.1, 0.15) is 30.4 Å². The maximum atomic E-state index is 3.80. The van der Waals surface area contributed by atoms with Gasteiger partial charge in [-0.3, -0.25) is 0 Å². The zero-order chi connectivity index (χ0) is 10.8. The number of hydrogen-bond donors (Lipinski definition) is 1. The number of aromatic nitrogens is 1. The van der Waals surface area contributed by atoms with Crippen LogP contribution in [0, 0.1) is 6.92 Å². The van der Waals surface area contributed by atoms with E-state index in [1.807, 2.05) is 6.08 Å². The highest BCUT2D eigenvalue weighted by atomic mass is 14.7. The molecule has 0 radical (unpaired) electrons. The number of aryl methyl sites for hydroxylation is 1. The van der Waals surface area contributed by atoms with E-state index in [-0.39, 0.29) is 0 Å². The van der Waals surface area contributed by atoms with Gasteiger partial charge >= 0.3 is 0 Å². The molecule has 0 bridgehead atoms. The summed E-state index contributed by atoms with van der Waals surface area (Å²) in [5.41, 5.74) is 3.94. The van der Waals surface area contributed by atoms with Gasteiger partial charge in [0.15, 0.2) is 0 Å². The quantitative estimate of drug-likeness (QED) is 0.714. The number of benzene rings is 1. The molecule has 0 fully saturated rings. The molecule has 0 spiro atoms. The molecule has 0 aliphatic carbocycles. The molecule has 0 saturated heterocycles. The van der Waals surface area contributed by atoms with E-state index in [1.54, 1.807) is 0 Å². The summed E-state index contributed by atoms with van der Waals surface area (Å²) in [6.45, 7) is 8.17. The Labute approximate surface area is 90.8 Å². The predicted molar refractivity (Wildman–Crippen MR) is 66.3 cm³/mol. The SMILES string of the molecule is C=CCC(C)c1c[nH]c2ccc(C)cc12. The van der Waals surface area contributed by atoms with Gasteiger partial charge in [-0.05, 0) is 37.0 Å². The number of rotatable bonds is 3. The van der Waals surface area contributed by atoms with Gasteiger partial charge < -0.3 is 4.98 Å². The molecule has 78 valence electrons. The van der Waals surface area contributed by atoms with Gasteiger partial charge in [-0.25, -0.2) is 0 Å². The molecule has 1 heterocycles. The van der Waals surface area contributed by atoms with Gasteiger partial charge in [-0.2, -0.15) is 0 Å². The van der Waals surface area contributed by atoms with E-state index in [4.69, 9.17) is 0 Å². The molecular weight excluding hydrogens is 182 g/mol. The Kier molecular flexibility index (Phi) is 2.63. The molecule has 0 amide bonds. The molecule has 1 unspecified atom stereocenters. The number of nitrogens with one attached hydrogen (secondary N) is 1. The van der Waals surface area contributed by atoms with E-state index in [0.717, 1.165) is 6.42 Å². The molecule has 0 saturated carbocycles. The molecule has 1 N–H and O–H groups in total. The van der Waals surface area contributed by atoms with Crippen LogP contribution in [0.25, 0.3) is 10.9 Å². The molecule has 0 aliphatic heterocycles. The zero-order valence-corrected chi connectivity index (χ0v) is 9.38. The smallest absolute Gasteiger partial charge is 0.0457 e. The minimum absolute atomic E-state index is 0.540. The molecule has 1 aromatic heterocycles. The van der Waals surface area contributed by atoms with Crippen molar-refractivity contribution in [1.29, 1.82) is 0 Å². The monoisotopic (exact) mass is 199 g/mol. The Hall–Kier alpha value is -1.50. The third-order valence-corrected chi connectivity index (χ3v) is 2.92.